The molecular formula is C20H23N3O5S. The average Bonchev–Trinajstić information content (AvgIpc) is 2.66. The van der Waals surface area contributed by atoms with Gasteiger partial charge in [-0.3, -0.25) is 9.10 Å². The molecule has 3 rings (SSSR count). The van der Waals surface area contributed by atoms with Crippen LogP contribution in [-0.4, -0.2) is 46.6 Å². The number of hydrogen-bond donors (Lipinski definition) is 1. The summed E-state index contributed by atoms with van der Waals surface area (Å²) >= 11 is 0. The Morgan fingerprint density at radius 2 is 1.97 bits per heavy atom. The van der Waals surface area contributed by atoms with Gasteiger partial charge in [0.1, 0.15) is 19.8 Å². The van der Waals surface area contributed by atoms with Crippen LogP contribution < -0.4 is 19.2 Å². The minimum atomic E-state index is -3.65. The summed E-state index contributed by atoms with van der Waals surface area (Å²) in [6.45, 7) is 4.25. The van der Waals surface area contributed by atoms with E-state index in [0.29, 0.717) is 36.0 Å². The predicted molar refractivity (Wildman–Crippen MR) is 111 cm³/mol. The van der Waals surface area contributed by atoms with E-state index in [1.165, 1.54) is 6.21 Å². The molecular weight excluding hydrogens is 394 g/mol. The van der Waals surface area contributed by atoms with Crippen LogP contribution >= 0.6 is 0 Å². The maximum absolute atomic E-state index is 12.3. The first-order valence-electron chi connectivity index (χ1n) is 9.01. The molecule has 1 aliphatic rings. The molecule has 0 fully saturated rings. The minimum absolute atomic E-state index is 0.382. The summed E-state index contributed by atoms with van der Waals surface area (Å²) in [6, 6.07) is 10.7. The molecule has 0 aliphatic carbocycles. The van der Waals surface area contributed by atoms with E-state index in [2.05, 4.69) is 10.5 Å². The van der Waals surface area contributed by atoms with Crippen LogP contribution in [-0.2, 0) is 14.8 Å². The number of carbonyl (C=O) groups excluding carboxylic acids is 1. The highest BCUT2D eigenvalue weighted by molar-refractivity contribution is 7.92. The molecule has 1 N–H and O–H groups in total. The van der Waals surface area contributed by atoms with Gasteiger partial charge in [0.15, 0.2) is 11.5 Å². The van der Waals surface area contributed by atoms with Crippen LogP contribution in [0.1, 0.15) is 16.7 Å². The number of aryl methyl sites for hydroxylation is 2. The highest BCUT2D eigenvalue weighted by Gasteiger charge is 2.22. The number of carbonyl (C=O) groups is 1. The second-order valence-corrected chi connectivity index (χ2v) is 8.63. The Kier molecular flexibility index (Phi) is 6.07. The van der Waals surface area contributed by atoms with Crippen molar-refractivity contribution in [1.29, 1.82) is 0 Å². The lowest BCUT2D eigenvalue weighted by atomic mass is 10.1. The van der Waals surface area contributed by atoms with Crippen LogP contribution in [0, 0.1) is 13.8 Å². The van der Waals surface area contributed by atoms with Crippen LogP contribution in [0.2, 0.25) is 0 Å². The third kappa shape index (κ3) is 5.05. The number of sulfonamides is 1. The molecule has 8 nitrogen and oxygen atoms in total. The molecule has 2 aromatic rings. The molecule has 9 heteroatoms. The van der Waals surface area contributed by atoms with E-state index >= 15 is 0 Å². The fraction of sp³-hybridized carbons (Fsp3) is 0.300. The Bertz CT molecular complexity index is 1050. The SMILES string of the molecule is Cc1ccc(N(CC(=O)N/N=C\c2cccc3c2OCCO3)S(C)(=O)=O)c(C)c1. The Balaban J connectivity index is 1.72. The smallest absolute Gasteiger partial charge is 0.260 e. The summed E-state index contributed by atoms with van der Waals surface area (Å²) in [6.07, 6.45) is 2.50. The predicted octanol–water partition coefficient (Wildman–Crippen LogP) is 1.99. The van der Waals surface area contributed by atoms with E-state index in [-0.39, 0.29) is 6.54 Å². The number of amides is 1. The third-order valence-electron chi connectivity index (χ3n) is 4.30. The van der Waals surface area contributed by atoms with Gasteiger partial charge in [0.25, 0.3) is 5.91 Å². The van der Waals surface area contributed by atoms with E-state index in [1.807, 2.05) is 13.0 Å². The number of hydrogen-bond acceptors (Lipinski definition) is 6. The van der Waals surface area contributed by atoms with E-state index in [1.54, 1.807) is 37.3 Å². The number of nitrogens with one attached hydrogen (secondary N) is 1. The lowest BCUT2D eigenvalue weighted by molar-refractivity contribution is -0.119. The van der Waals surface area contributed by atoms with Gasteiger partial charge in [-0.25, -0.2) is 13.8 Å². The number of anilines is 1. The second kappa shape index (κ2) is 8.52. The van der Waals surface area contributed by atoms with Gasteiger partial charge in [0, 0.05) is 5.56 Å². The molecule has 0 atom stereocenters. The van der Waals surface area contributed by atoms with E-state index < -0.39 is 15.9 Å². The van der Waals surface area contributed by atoms with Crippen LogP contribution in [0.5, 0.6) is 11.5 Å². The highest BCUT2D eigenvalue weighted by atomic mass is 32.2. The summed E-state index contributed by atoms with van der Waals surface area (Å²) in [5, 5.41) is 3.93. The zero-order valence-electron chi connectivity index (χ0n) is 16.5. The normalized spacial score (nSPS) is 13.3. The molecule has 0 unspecified atom stereocenters. The summed E-state index contributed by atoms with van der Waals surface area (Å²) in [5.41, 5.74) is 5.25. The Labute approximate surface area is 170 Å². The van der Waals surface area contributed by atoms with Crippen molar-refractivity contribution in [3.63, 3.8) is 0 Å². The van der Waals surface area contributed by atoms with Crippen molar-refractivity contribution in [2.75, 3.05) is 30.3 Å². The fourth-order valence-corrected chi connectivity index (χ4v) is 3.92. The fourth-order valence-electron chi connectivity index (χ4n) is 3.00. The van der Waals surface area contributed by atoms with Crippen molar-refractivity contribution < 1.29 is 22.7 Å². The third-order valence-corrected chi connectivity index (χ3v) is 5.42. The van der Waals surface area contributed by atoms with Crippen molar-refractivity contribution in [1.82, 2.24) is 5.43 Å². The maximum Gasteiger partial charge on any atom is 0.260 e. The van der Waals surface area contributed by atoms with Gasteiger partial charge < -0.3 is 9.47 Å². The van der Waals surface area contributed by atoms with E-state index in [4.69, 9.17) is 9.47 Å². The Morgan fingerprint density at radius 3 is 2.69 bits per heavy atom. The van der Waals surface area contributed by atoms with Crippen LogP contribution in [0.4, 0.5) is 5.69 Å². The van der Waals surface area contributed by atoms with Crippen molar-refractivity contribution in [3.05, 3.63) is 53.1 Å². The summed E-state index contributed by atoms with van der Waals surface area (Å²) in [4.78, 5) is 12.3. The van der Waals surface area contributed by atoms with Gasteiger partial charge in [-0.05, 0) is 37.6 Å². The maximum atomic E-state index is 12.3. The monoisotopic (exact) mass is 417 g/mol. The lowest BCUT2D eigenvalue weighted by Gasteiger charge is -2.23. The van der Waals surface area contributed by atoms with E-state index in [9.17, 15) is 13.2 Å². The lowest BCUT2D eigenvalue weighted by Crippen LogP contribution is -2.39. The number of ether oxygens (including phenoxy) is 2. The second-order valence-electron chi connectivity index (χ2n) is 6.72. The first-order chi connectivity index (χ1) is 13.8. The van der Waals surface area contributed by atoms with Crippen molar-refractivity contribution in [2.24, 2.45) is 5.10 Å². The highest BCUT2D eigenvalue weighted by Crippen LogP contribution is 2.32. The van der Waals surface area contributed by atoms with E-state index in [0.717, 1.165) is 21.7 Å². The van der Waals surface area contributed by atoms with Crippen molar-refractivity contribution in [3.8, 4) is 11.5 Å². The van der Waals surface area contributed by atoms with Crippen LogP contribution in [0.15, 0.2) is 41.5 Å². The zero-order valence-corrected chi connectivity index (χ0v) is 17.3. The molecule has 2 aromatic carbocycles. The number of para-hydroxylation sites is 1. The Hall–Kier alpha value is -3.07. The van der Waals surface area contributed by atoms with Gasteiger partial charge in [-0.1, -0.05) is 23.8 Å². The molecule has 0 spiro atoms. The molecule has 1 heterocycles. The molecule has 0 radical (unpaired) electrons. The Morgan fingerprint density at radius 1 is 1.21 bits per heavy atom. The quantitative estimate of drug-likeness (QED) is 0.573. The van der Waals surface area contributed by atoms with Gasteiger partial charge >= 0.3 is 0 Å². The molecule has 29 heavy (non-hydrogen) atoms. The molecule has 154 valence electrons. The topological polar surface area (TPSA) is 97.3 Å². The minimum Gasteiger partial charge on any atom is -0.486 e. The average molecular weight is 417 g/mol. The number of nitrogens with zero attached hydrogens (tertiary/aromatic N) is 2. The summed E-state index contributed by atoms with van der Waals surface area (Å²) < 4.78 is 36.6. The van der Waals surface area contributed by atoms with Gasteiger partial charge in [-0.15, -0.1) is 0 Å². The van der Waals surface area contributed by atoms with Crippen molar-refractivity contribution in [2.45, 2.75) is 13.8 Å². The standard InChI is InChI=1S/C20H23N3O5S/c1-14-7-8-17(15(2)11-14)23(29(3,25)26)13-19(24)22-21-12-16-5-4-6-18-20(16)28-10-9-27-18/h4-8,11-12H,9-10,13H2,1-3H3,(H,22,24)/b21-12-. The van der Waals surface area contributed by atoms with Gasteiger partial charge in [-0.2, -0.15) is 5.10 Å². The summed E-state index contributed by atoms with van der Waals surface area (Å²) in [5.74, 6) is 0.614. The van der Waals surface area contributed by atoms with Gasteiger partial charge in [0.2, 0.25) is 10.0 Å². The van der Waals surface area contributed by atoms with Crippen molar-refractivity contribution >= 4 is 27.8 Å². The molecule has 1 amide bonds. The number of fused-ring (bicyclic) bond motifs is 1. The number of hydrazone groups is 1. The van der Waals surface area contributed by atoms with Gasteiger partial charge in [0.05, 0.1) is 18.2 Å². The first-order valence-corrected chi connectivity index (χ1v) is 10.9. The molecule has 0 saturated heterocycles. The van der Waals surface area contributed by atoms with Crippen LogP contribution in [0.25, 0.3) is 0 Å². The summed E-state index contributed by atoms with van der Waals surface area (Å²) in [7, 11) is -3.65. The molecule has 1 aliphatic heterocycles. The zero-order chi connectivity index (χ0) is 21.0. The van der Waals surface area contributed by atoms with Crippen LogP contribution in [0.3, 0.4) is 0 Å². The number of benzene rings is 2. The number of rotatable bonds is 6. The largest absolute Gasteiger partial charge is 0.486 e. The first kappa shape index (κ1) is 20.7. The molecule has 0 saturated carbocycles. The molecule has 0 bridgehead atoms. The molecule has 0 aromatic heterocycles.